The number of benzene rings is 2. The van der Waals surface area contributed by atoms with Gasteiger partial charge in [-0.1, -0.05) is 42.5 Å². The first kappa shape index (κ1) is 17.1. The second kappa shape index (κ2) is 7.91. The molecular formula is C22H19NO4. The van der Waals surface area contributed by atoms with E-state index >= 15 is 0 Å². The summed E-state index contributed by atoms with van der Waals surface area (Å²) in [7, 11) is 0. The smallest absolute Gasteiger partial charge is 0.198 e. The summed E-state index contributed by atoms with van der Waals surface area (Å²) in [6.45, 7) is -0.000337. The zero-order valence-corrected chi connectivity index (χ0v) is 14.8. The van der Waals surface area contributed by atoms with E-state index in [0.717, 1.165) is 29.5 Å². The number of aldehydes is 1. The van der Waals surface area contributed by atoms with E-state index in [1.54, 1.807) is 18.6 Å². The molecule has 0 unspecified atom stereocenters. The zero-order valence-electron chi connectivity index (χ0n) is 14.8. The molecule has 27 heavy (non-hydrogen) atoms. The Balaban J connectivity index is 1.46. The van der Waals surface area contributed by atoms with Crippen molar-refractivity contribution in [1.29, 1.82) is 0 Å². The summed E-state index contributed by atoms with van der Waals surface area (Å²) in [5.41, 5.74) is 3.82. The van der Waals surface area contributed by atoms with Crippen LogP contribution in [-0.2, 0) is 24.1 Å². The molecule has 0 fully saturated rings. The summed E-state index contributed by atoms with van der Waals surface area (Å²) < 4.78 is 16.7. The summed E-state index contributed by atoms with van der Waals surface area (Å²) >= 11 is 0. The minimum atomic E-state index is -0.000337. The highest BCUT2D eigenvalue weighted by Gasteiger charge is 2.14. The van der Waals surface area contributed by atoms with E-state index in [0.29, 0.717) is 29.9 Å². The first-order valence-electron chi connectivity index (χ1n) is 8.86. The molecule has 4 aromatic rings. The van der Waals surface area contributed by atoms with Crippen LogP contribution in [0.15, 0.2) is 69.9 Å². The lowest BCUT2D eigenvalue weighted by Crippen LogP contribution is -1.97. The Hall–Kier alpha value is -3.34. The Kier molecular flexibility index (Phi) is 5.01. The molecule has 0 amide bonds. The van der Waals surface area contributed by atoms with Crippen molar-refractivity contribution < 1.29 is 18.4 Å². The van der Waals surface area contributed by atoms with Crippen LogP contribution in [-0.4, -0.2) is 17.9 Å². The number of rotatable bonds is 8. The number of nitrogens with zero attached hydrogens (tertiary/aromatic N) is 1. The molecule has 0 aliphatic heterocycles. The van der Waals surface area contributed by atoms with E-state index in [4.69, 9.17) is 13.6 Å². The van der Waals surface area contributed by atoms with Crippen molar-refractivity contribution in [2.75, 3.05) is 6.61 Å². The molecule has 2 aromatic heterocycles. The van der Waals surface area contributed by atoms with Crippen molar-refractivity contribution in [3.8, 4) is 5.75 Å². The fourth-order valence-electron chi connectivity index (χ4n) is 3.08. The third-order valence-electron chi connectivity index (χ3n) is 4.40. The third-order valence-corrected chi connectivity index (χ3v) is 4.40. The molecule has 0 saturated heterocycles. The topological polar surface area (TPSA) is 65.5 Å². The van der Waals surface area contributed by atoms with Gasteiger partial charge in [-0.2, -0.15) is 0 Å². The van der Waals surface area contributed by atoms with Gasteiger partial charge >= 0.3 is 0 Å². The van der Waals surface area contributed by atoms with Crippen LogP contribution in [0.4, 0.5) is 0 Å². The van der Waals surface area contributed by atoms with E-state index in [9.17, 15) is 4.79 Å². The normalized spacial score (nSPS) is 11.0. The highest BCUT2D eigenvalue weighted by molar-refractivity contribution is 5.86. The highest BCUT2D eigenvalue weighted by Crippen LogP contribution is 2.30. The van der Waals surface area contributed by atoms with Gasteiger partial charge in [0.25, 0.3) is 0 Å². The van der Waals surface area contributed by atoms with Crippen molar-refractivity contribution in [2.45, 2.75) is 19.3 Å². The lowest BCUT2D eigenvalue weighted by molar-refractivity contribution is -0.109. The summed E-state index contributed by atoms with van der Waals surface area (Å²) in [4.78, 5) is 15.1. The SMILES string of the molecule is O=CCOc1cccc2c(Cc3nc(CCc4ccccc4)co3)coc12. The van der Waals surface area contributed by atoms with Crippen molar-refractivity contribution in [3.63, 3.8) is 0 Å². The Morgan fingerprint density at radius 1 is 0.963 bits per heavy atom. The summed E-state index contributed by atoms with van der Waals surface area (Å²) in [5, 5.41) is 0.933. The maximum absolute atomic E-state index is 10.5. The van der Waals surface area contributed by atoms with Gasteiger partial charge in [0.1, 0.15) is 12.9 Å². The molecule has 5 nitrogen and oxygen atoms in total. The van der Waals surface area contributed by atoms with E-state index < -0.39 is 0 Å². The van der Waals surface area contributed by atoms with Gasteiger partial charge in [0, 0.05) is 10.9 Å². The van der Waals surface area contributed by atoms with Crippen LogP contribution in [0, 0.1) is 0 Å². The molecule has 2 aromatic carbocycles. The second-order valence-electron chi connectivity index (χ2n) is 6.27. The first-order chi connectivity index (χ1) is 13.3. The van der Waals surface area contributed by atoms with E-state index in [2.05, 4.69) is 17.1 Å². The van der Waals surface area contributed by atoms with E-state index in [1.165, 1.54) is 5.56 Å². The van der Waals surface area contributed by atoms with Crippen LogP contribution in [0.25, 0.3) is 11.0 Å². The largest absolute Gasteiger partial charge is 0.482 e. The quantitative estimate of drug-likeness (QED) is 0.436. The number of fused-ring (bicyclic) bond motifs is 1. The Labute approximate surface area is 156 Å². The lowest BCUT2D eigenvalue weighted by Gasteiger charge is -2.02. The van der Waals surface area contributed by atoms with Crippen molar-refractivity contribution in [2.24, 2.45) is 0 Å². The molecule has 136 valence electrons. The number of furan rings is 1. The standard InChI is InChI=1S/C22H19NO4/c24-11-12-25-20-8-4-7-19-17(14-27-22(19)20)13-21-23-18(15-26-21)10-9-16-5-2-1-3-6-16/h1-8,11,14-15H,9-10,12-13H2. The maximum atomic E-state index is 10.5. The molecule has 0 radical (unpaired) electrons. The van der Waals surface area contributed by atoms with Gasteiger partial charge in [-0.15, -0.1) is 0 Å². The molecule has 0 aliphatic carbocycles. The van der Waals surface area contributed by atoms with Gasteiger partial charge in [0.05, 0.1) is 18.4 Å². The minimum absolute atomic E-state index is 0.000337. The predicted molar refractivity (Wildman–Crippen MR) is 101 cm³/mol. The number of hydrogen-bond donors (Lipinski definition) is 0. The zero-order chi connectivity index (χ0) is 18.5. The van der Waals surface area contributed by atoms with Gasteiger partial charge in [-0.05, 0) is 24.5 Å². The molecule has 0 spiro atoms. The Bertz CT molecular complexity index is 1030. The number of aryl methyl sites for hydroxylation is 2. The fourth-order valence-corrected chi connectivity index (χ4v) is 3.08. The Morgan fingerprint density at radius 2 is 1.85 bits per heavy atom. The van der Waals surface area contributed by atoms with Gasteiger partial charge in [0.15, 0.2) is 23.5 Å². The summed E-state index contributed by atoms with van der Waals surface area (Å²) in [6, 6.07) is 15.9. The number of oxazole rings is 1. The van der Waals surface area contributed by atoms with Gasteiger partial charge in [-0.3, -0.25) is 4.79 Å². The number of para-hydroxylation sites is 1. The average molecular weight is 361 g/mol. The average Bonchev–Trinajstić information content (AvgIpc) is 3.33. The number of ether oxygens (including phenoxy) is 1. The van der Waals surface area contributed by atoms with Crippen LogP contribution in [0.3, 0.4) is 0 Å². The number of carbonyl (C=O) groups excluding carboxylic acids is 1. The minimum Gasteiger partial charge on any atom is -0.482 e. The molecule has 0 bridgehead atoms. The third kappa shape index (κ3) is 3.92. The number of hydrogen-bond acceptors (Lipinski definition) is 5. The molecule has 0 saturated carbocycles. The van der Waals surface area contributed by atoms with E-state index in [1.807, 2.05) is 30.3 Å². The Morgan fingerprint density at radius 3 is 2.70 bits per heavy atom. The van der Waals surface area contributed by atoms with Crippen LogP contribution in [0.5, 0.6) is 5.75 Å². The highest BCUT2D eigenvalue weighted by atomic mass is 16.5. The molecule has 0 aliphatic rings. The van der Waals surface area contributed by atoms with Crippen molar-refractivity contribution in [3.05, 3.63) is 83.8 Å². The van der Waals surface area contributed by atoms with Gasteiger partial charge in [0.2, 0.25) is 0 Å². The monoisotopic (exact) mass is 361 g/mol. The van der Waals surface area contributed by atoms with Crippen molar-refractivity contribution in [1.82, 2.24) is 4.98 Å². The second-order valence-corrected chi connectivity index (χ2v) is 6.27. The first-order valence-corrected chi connectivity index (χ1v) is 8.86. The van der Waals surface area contributed by atoms with Crippen LogP contribution in [0.2, 0.25) is 0 Å². The van der Waals surface area contributed by atoms with Gasteiger partial charge in [-0.25, -0.2) is 4.98 Å². The molecule has 0 N–H and O–H groups in total. The molecule has 5 heteroatoms. The summed E-state index contributed by atoms with van der Waals surface area (Å²) in [6.07, 6.45) is 6.43. The van der Waals surface area contributed by atoms with Crippen LogP contribution in [0.1, 0.15) is 22.7 Å². The van der Waals surface area contributed by atoms with E-state index in [-0.39, 0.29) is 6.61 Å². The predicted octanol–water partition coefficient (Wildman–Crippen LogP) is 4.37. The molecule has 4 rings (SSSR count). The molecule has 2 heterocycles. The molecule has 0 atom stereocenters. The number of aromatic nitrogens is 1. The number of carbonyl (C=O) groups is 1. The van der Waals surface area contributed by atoms with Crippen molar-refractivity contribution >= 4 is 17.3 Å². The molecular weight excluding hydrogens is 342 g/mol. The van der Waals surface area contributed by atoms with Crippen LogP contribution >= 0.6 is 0 Å². The lowest BCUT2D eigenvalue weighted by atomic mass is 10.1. The fraction of sp³-hybridized carbons (Fsp3) is 0.182. The summed E-state index contributed by atoms with van der Waals surface area (Å²) in [5.74, 6) is 1.21. The maximum Gasteiger partial charge on any atom is 0.198 e. The van der Waals surface area contributed by atoms with Gasteiger partial charge < -0.3 is 13.6 Å². The van der Waals surface area contributed by atoms with Crippen LogP contribution < -0.4 is 4.74 Å².